The van der Waals surface area contributed by atoms with Gasteiger partial charge < -0.3 is 29.3 Å². The number of aliphatic hydroxyl groups is 1. The lowest BCUT2D eigenvalue weighted by Gasteiger charge is -2.36. The molecular weight excluding hydrogens is 648 g/mol. The first-order valence-electron chi connectivity index (χ1n) is 17.5. The standard InChI is InChI=1S/C40H46N4O7/c1-27-8-7-11-35(42-27)44(24-37(45)46)38(47)33-15-14-32(49-3)23-34(33)43-20-17-29(18-21-43)25-50-36-22-31(16-19-41-36)40(2,30-12-13-30)39(48)51-26-28-9-5-4-6-10-28/h4-11,14-16,19,22-23,29-30,39,48H,12-13,17-18,20-21,24-26H2,1-3H3,(H,45,46). The highest BCUT2D eigenvalue weighted by Crippen LogP contribution is 2.50. The number of anilines is 2. The number of aliphatic carboxylic acids is 1. The average Bonchev–Trinajstić information content (AvgIpc) is 4.01. The minimum Gasteiger partial charge on any atom is -0.497 e. The maximum Gasteiger partial charge on any atom is 0.323 e. The van der Waals surface area contributed by atoms with Gasteiger partial charge in [-0.15, -0.1) is 0 Å². The Balaban J connectivity index is 1.11. The summed E-state index contributed by atoms with van der Waals surface area (Å²) < 4.78 is 17.8. The molecule has 2 atom stereocenters. The van der Waals surface area contributed by atoms with Crippen LogP contribution in [0.4, 0.5) is 11.5 Å². The number of carboxylic acid groups (broad SMARTS) is 1. The number of carboxylic acids is 1. The fraction of sp³-hybridized carbons (Fsp3) is 0.400. The van der Waals surface area contributed by atoms with E-state index in [2.05, 4.69) is 21.8 Å². The van der Waals surface area contributed by atoms with Crippen LogP contribution in [0.15, 0.2) is 85.1 Å². The Bertz CT molecular complexity index is 1810. The number of piperidine rings is 1. The summed E-state index contributed by atoms with van der Waals surface area (Å²) >= 11 is 0. The van der Waals surface area contributed by atoms with Gasteiger partial charge in [0.2, 0.25) is 5.88 Å². The first-order chi connectivity index (χ1) is 24.6. The lowest BCUT2D eigenvalue weighted by Crippen LogP contribution is -2.40. The molecule has 6 rings (SSSR count). The molecule has 1 amide bonds. The zero-order valence-electron chi connectivity index (χ0n) is 29.4. The second kappa shape index (κ2) is 15.9. The number of ether oxygens (including phenoxy) is 3. The van der Waals surface area contributed by atoms with Crippen molar-refractivity contribution in [3.05, 3.63) is 107 Å². The van der Waals surface area contributed by atoms with E-state index in [1.807, 2.05) is 48.5 Å². The van der Waals surface area contributed by atoms with Crippen molar-refractivity contribution in [1.82, 2.24) is 9.97 Å². The van der Waals surface area contributed by atoms with Crippen LogP contribution < -0.4 is 19.3 Å². The zero-order chi connectivity index (χ0) is 36.0. The molecule has 1 aliphatic carbocycles. The largest absolute Gasteiger partial charge is 0.497 e. The minimum atomic E-state index is -1.13. The Hall–Kier alpha value is -5.00. The van der Waals surface area contributed by atoms with Crippen molar-refractivity contribution < 1.29 is 34.0 Å². The highest BCUT2D eigenvalue weighted by Gasteiger charge is 2.48. The number of hydrogen-bond acceptors (Lipinski definition) is 9. The molecule has 2 aromatic carbocycles. The molecule has 11 nitrogen and oxygen atoms in total. The molecular formula is C40H46N4O7. The molecule has 51 heavy (non-hydrogen) atoms. The maximum absolute atomic E-state index is 14.0. The number of amides is 1. The van der Waals surface area contributed by atoms with Gasteiger partial charge in [0, 0.05) is 42.5 Å². The molecule has 2 fully saturated rings. The summed E-state index contributed by atoms with van der Waals surface area (Å²) in [7, 11) is 1.58. The first kappa shape index (κ1) is 35.8. The molecule has 1 saturated heterocycles. The molecule has 268 valence electrons. The van der Waals surface area contributed by atoms with E-state index in [0.29, 0.717) is 60.8 Å². The predicted octanol–water partition coefficient (Wildman–Crippen LogP) is 6.02. The van der Waals surface area contributed by atoms with E-state index in [4.69, 9.17) is 14.2 Å². The van der Waals surface area contributed by atoms with Gasteiger partial charge in [-0.25, -0.2) is 9.97 Å². The van der Waals surface area contributed by atoms with Crippen molar-refractivity contribution in [2.24, 2.45) is 11.8 Å². The lowest BCUT2D eigenvalue weighted by molar-refractivity contribution is -0.156. The van der Waals surface area contributed by atoms with Crippen molar-refractivity contribution in [1.29, 1.82) is 0 Å². The lowest BCUT2D eigenvalue weighted by atomic mass is 9.77. The maximum atomic E-state index is 14.0. The monoisotopic (exact) mass is 694 g/mol. The molecule has 2 aliphatic rings. The smallest absolute Gasteiger partial charge is 0.323 e. The van der Waals surface area contributed by atoms with Gasteiger partial charge in [0.25, 0.3) is 5.91 Å². The summed E-state index contributed by atoms with van der Waals surface area (Å²) in [6.45, 7) is 5.48. The van der Waals surface area contributed by atoms with Gasteiger partial charge in [-0.2, -0.15) is 0 Å². The third-order valence-corrected chi connectivity index (χ3v) is 10.1. The Morgan fingerprint density at radius 1 is 1.00 bits per heavy atom. The molecule has 0 radical (unpaired) electrons. The number of carbonyl (C=O) groups excluding carboxylic acids is 1. The number of methoxy groups -OCH3 is 1. The van der Waals surface area contributed by atoms with Gasteiger partial charge in [0.1, 0.15) is 18.1 Å². The van der Waals surface area contributed by atoms with Crippen molar-refractivity contribution in [2.75, 3.05) is 43.2 Å². The van der Waals surface area contributed by atoms with Crippen LogP contribution in [0.5, 0.6) is 11.6 Å². The van der Waals surface area contributed by atoms with Crippen LogP contribution in [0, 0.1) is 18.8 Å². The van der Waals surface area contributed by atoms with Crippen LogP contribution >= 0.6 is 0 Å². The summed E-state index contributed by atoms with van der Waals surface area (Å²) in [6.07, 6.45) is 4.44. The quantitative estimate of drug-likeness (QED) is 0.142. The second-order valence-corrected chi connectivity index (χ2v) is 13.6. The van der Waals surface area contributed by atoms with Gasteiger partial charge in [0.15, 0.2) is 6.29 Å². The minimum absolute atomic E-state index is 0.256. The molecule has 2 aromatic heterocycles. The van der Waals surface area contributed by atoms with Crippen LogP contribution in [-0.4, -0.2) is 71.7 Å². The summed E-state index contributed by atoms with van der Waals surface area (Å²) in [5.74, 6) is 0.382. The molecule has 2 unspecified atom stereocenters. The van der Waals surface area contributed by atoms with E-state index >= 15 is 0 Å². The number of rotatable bonds is 15. The topological polar surface area (TPSA) is 135 Å². The molecule has 2 N–H and O–H groups in total. The van der Waals surface area contributed by atoms with E-state index in [-0.39, 0.29) is 11.7 Å². The van der Waals surface area contributed by atoms with Crippen molar-refractivity contribution >= 4 is 23.4 Å². The Labute approximate surface area is 298 Å². The molecule has 4 aromatic rings. The van der Waals surface area contributed by atoms with Crippen molar-refractivity contribution in [2.45, 2.75) is 57.8 Å². The number of benzene rings is 2. The van der Waals surface area contributed by atoms with E-state index in [0.717, 1.165) is 36.8 Å². The number of carbonyl (C=O) groups is 2. The average molecular weight is 695 g/mol. The van der Waals surface area contributed by atoms with Crippen LogP contribution in [0.3, 0.4) is 0 Å². The third-order valence-electron chi connectivity index (χ3n) is 10.1. The highest BCUT2D eigenvalue weighted by atomic mass is 16.6. The van der Waals surface area contributed by atoms with E-state index in [1.165, 1.54) is 4.90 Å². The first-order valence-corrected chi connectivity index (χ1v) is 17.5. The number of hydrogen-bond donors (Lipinski definition) is 2. The van der Waals surface area contributed by atoms with Crippen molar-refractivity contribution in [3.8, 4) is 11.6 Å². The van der Waals surface area contributed by atoms with E-state index in [1.54, 1.807) is 50.6 Å². The molecule has 11 heteroatoms. The normalized spacial score (nSPS) is 16.6. The van der Waals surface area contributed by atoms with Gasteiger partial charge >= 0.3 is 5.97 Å². The number of nitrogens with zero attached hydrogens (tertiary/aromatic N) is 4. The number of pyridine rings is 2. The van der Waals surface area contributed by atoms with Gasteiger partial charge in [0.05, 0.1) is 31.6 Å². The molecule has 3 heterocycles. The molecule has 0 bridgehead atoms. The van der Waals surface area contributed by atoms with Gasteiger partial charge in [-0.05, 0) is 85.9 Å². The van der Waals surface area contributed by atoms with E-state index in [9.17, 15) is 19.8 Å². The predicted molar refractivity (Wildman–Crippen MR) is 193 cm³/mol. The SMILES string of the molecule is COc1ccc(C(=O)N(CC(=O)O)c2cccc(C)n2)c(N2CCC(COc3cc(C(C)(C4CC4)C(O)OCc4ccccc4)ccn3)CC2)c1. The van der Waals surface area contributed by atoms with Crippen molar-refractivity contribution in [3.63, 3.8) is 0 Å². The second-order valence-electron chi connectivity index (χ2n) is 13.6. The van der Waals surface area contributed by atoms with Crippen LogP contribution in [-0.2, 0) is 21.6 Å². The summed E-state index contributed by atoms with van der Waals surface area (Å²) in [6, 6.07) is 24.1. The Kier molecular flexibility index (Phi) is 11.2. The summed E-state index contributed by atoms with van der Waals surface area (Å²) in [4.78, 5) is 38.0. The number of aliphatic hydroxyl groups excluding tert-OH is 1. The number of aromatic nitrogens is 2. The van der Waals surface area contributed by atoms with Crippen LogP contribution in [0.25, 0.3) is 0 Å². The summed E-state index contributed by atoms with van der Waals surface area (Å²) in [5.41, 5.74) is 3.10. The Morgan fingerprint density at radius 3 is 2.45 bits per heavy atom. The molecule has 0 spiro atoms. The fourth-order valence-corrected chi connectivity index (χ4v) is 6.85. The number of aryl methyl sites for hydroxylation is 1. The van der Waals surface area contributed by atoms with E-state index < -0.39 is 30.1 Å². The van der Waals surface area contributed by atoms with Gasteiger partial charge in [-0.3, -0.25) is 14.5 Å². The van der Waals surface area contributed by atoms with Crippen LogP contribution in [0.1, 0.15) is 59.8 Å². The zero-order valence-corrected chi connectivity index (χ0v) is 29.4. The summed E-state index contributed by atoms with van der Waals surface area (Å²) in [5, 5.41) is 21.0. The molecule has 1 aliphatic heterocycles. The fourth-order valence-electron chi connectivity index (χ4n) is 6.85. The highest BCUT2D eigenvalue weighted by molar-refractivity contribution is 6.11. The van der Waals surface area contributed by atoms with Gasteiger partial charge in [-0.1, -0.05) is 43.3 Å². The van der Waals surface area contributed by atoms with Crippen LogP contribution in [0.2, 0.25) is 0 Å². The Morgan fingerprint density at radius 2 is 1.76 bits per heavy atom. The third kappa shape index (κ3) is 8.49. The molecule has 1 saturated carbocycles.